The third-order valence-corrected chi connectivity index (χ3v) is 2.04. The Morgan fingerprint density at radius 2 is 2.12 bits per heavy atom. The van der Waals surface area contributed by atoms with E-state index in [-0.39, 0.29) is 5.75 Å². The van der Waals surface area contributed by atoms with E-state index in [1.165, 1.54) is 7.11 Å². The molecule has 0 unspecified atom stereocenters. The summed E-state index contributed by atoms with van der Waals surface area (Å²) in [6.07, 6.45) is 0. The van der Waals surface area contributed by atoms with Crippen LogP contribution in [0.5, 0.6) is 11.5 Å². The normalized spacial score (nSPS) is 10.8. The topological polar surface area (TPSA) is 50.7 Å². The highest BCUT2D eigenvalue weighted by Gasteiger charge is 2.02. The molecule has 0 aliphatic carbocycles. The van der Waals surface area contributed by atoms with E-state index in [1.807, 2.05) is 6.07 Å². The molecule has 0 spiro atoms. The van der Waals surface area contributed by atoms with Gasteiger partial charge in [-0.1, -0.05) is 19.9 Å². The number of phenols is 1. The van der Waals surface area contributed by atoms with Crippen LogP contribution in [-0.2, 0) is 11.4 Å². The van der Waals surface area contributed by atoms with Gasteiger partial charge in [-0.25, -0.2) is 0 Å². The monoisotopic (exact) mass is 225 g/mol. The predicted octanol–water partition coefficient (Wildman–Crippen LogP) is 2.08. The second kappa shape index (κ2) is 6.35. The van der Waals surface area contributed by atoms with E-state index in [4.69, 9.17) is 9.57 Å². The van der Waals surface area contributed by atoms with Gasteiger partial charge < -0.3 is 14.7 Å². The fourth-order valence-electron chi connectivity index (χ4n) is 1.21. The molecule has 90 valence electrons. The minimum Gasteiger partial charge on any atom is -0.504 e. The maximum atomic E-state index is 9.54. The van der Waals surface area contributed by atoms with Crippen LogP contribution < -0.4 is 10.2 Å². The zero-order chi connectivity index (χ0) is 12.0. The largest absolute Gasteiger partial charge is 0.504 e. The summed E-state index contributed by atoms with van der Waals surface area (Å²) in [5.41, 5.74) is 3.79. The van der Waals surface area contributed by atoms with E-state index in [9.17, 15) is 5.11 Å². The van der Waals surface area contributed by atoms with Crippen LogP contribution in [0, 0.1) is 5.92 Å². The molecule has 1 aromatic carbocycles. The SMILES string of the molecule is COc1ccc(CNOCC(C)C)cc1O. The van der Waals surface area contributed by atoms with Crippen molar-refractivity contribution >= 4 is 0 Å². The third-order valence-electron chi connectivity index (χ3n) is 2.04. The van der Waals surface area contributed by atoms with E-state index < -0.39 is 0 Å². The lowest BCUT2D eigenvalue weighted by Crippen LogP contribution is -2.17. The average molecular weight is 225 g/mol. The van der Waals surface area contributed by atoms with Crippen molar-refractivity contribution in [3.8, 4) is 11.5 Å². The van der Waals surface area contributed by atoms with Gasteiger partial charge in [-0.3, -0.25) is 0 Å². The summed E-state index contributed by atoms with van der Waals surface area (Å²) in [5, 5.41) is 9.54. The van der Waals surface area contributed by atoms with Gasteiger partial charge in [0.15, 0.2) is 11.5 Å². The second-order valence-electron chi connectivity index (χ2n) is 4.03. The molecule has 1 aromatic rings. The first-order chi connectivity index (χ1) is 7.63. The molecule has 0 aliphatic rings. The van der Waals surface area contributed by atoms with E-state index >= 15 is 0 Å². The second-order valence-corrected chi connectivity index (χ2v) is 4.03. The highest BCUT2D eigenvalue weighted by atomic mass is 16.6. The van der Waals surface area contributed by atoms with Crippen molar-refractivity contribution in [1.29, 1.82) is 0 Å². The summed E-state index contributed by atoms with van der Waals surface area (Å²) in [5.74, 6) is 1.12. The van der Waals surface area contributed by atoms with Gasteiger partial charge >= 0.3 is 0 Å². The Bertz CT molecular complexity index is 326. The number of phenolic OH excluding ortho intramolecular Hbond substituents is 1. The number of hydrogen-bond donors (Lipinski definition) is 2. The van der Waals surface area contributed by atoms with Crippen LogP contribution in [0.3, 0.4) is 0 Å². The van der Waals surface area contributed by atoms with E-state index in [0.29, 0.717) is 24.8 Å². The van der Waals surface area contributed by atoms with Gasteiger partial charge in [0.05, 0.1) is 13.7 Å². The summed E-state index contributed by atoms with van der Waals surface area (Å²) < 4.78 is 4.96. The van der Waals surface area contributed by atoms with Crippen LogP contribution in [0.2, 0.25) is 0 Å². The summed E-state index contributed by atoms with van der Waals surface area (Å²) in [7, 11) is 1.53. The Morgan fingerprint density at radius 3 is 2.69 bits per heavy atom. The average Bonchev–Trinajstić information content (AvgIpc) is 2.24. The molecule has 4 heteroatoms. The van der Waals surface area contributed by atoms with Crippen molar-refractivity contribution in [2.45, 2.75) is 20.4 Å². The summed E-state index contributed by atoms with van der Waals surface area (Å²) >= 11 is 0. The van der Waals surface area contributed by atoms with Crippen LogP contribution in [0.25, 0.3) is 0 Å². The van der Waals surface area contributed by atoms with Gasteiger partial charge in [0.25, 0.3) is 0 Å². The molecule has 0 saturated heterocycles. The van der Waals surface area contributed by atoms with Gasteiger partial charge in [-0.05, 0) is 23.6 Å². The van der Waals surface area contributed by atoms with Crippen LogP contribution in [-0.4, -0.2) is 18.8 Å². The fourth-order valence-corrected chi connectivity index (χ4v) is 1.21. The lowest BCUT2D eigenvalue weighted by Gasteiger charge is -2.09. The van der Waals surface area contributed by atoms with E-state index in [2.05, 4.69) is 19.3 Å². The van der Waals surface area contributed by atoms with Crippen molar-refractivity contribution < 1.29 is 14.7 Å². The molecule has 4 nitrogen and oxygen atoms in total. The van der Waals surface area contributed by atoms with E-state index in [0.717, 1.165) is 5.56 Å². The summed E-state index contributed by atoms with van der Waals surface area (Å²) in [6, 6.07) is 5.27. The molecular weight excluding hydrogens is 206 g/mol. The predicted molar refractivity (Wildman–Crippen MR) is 62.3 cm³/mol. The number of methoxy groups -OCH3 is 1. The van der Waals surface area contributed by atoms with Gasteiger partial charge in [0.1, 0.15) is 0 Å². The lowest BCUT2D eigenvalue weighted by atomic mass is 10.2. The number of ether oxygens (including phenoxy) is 1. The molecule has 0 aromatic heterocycles. The quantitative estimate of drug-likeness (QED) is 0.575. The first kappa shape index (κ1) is 12.8. The first-order valence-electron chi connectivity index (χ1n) is 5.34. The Labute approximate surface area is 96.1 Å². The molecule has 0 radical (unpaired) electrons. The first-order valence-corrected chi connectivity index (χ1v) is 5.34. The number of nitrogens with one attached hydrogen (secondary N) is 1. The Kier molecular flexibility index (Phi) is 5.08. The zero-order valence-electron chi connectivity index (χ0n) is 9.99. The van der Waals surface area contributed by atoms with Gasteiger partial charge in [-0.2, -0.15) is 5.48 Å². The standard InChI is InChI=1S/C12H19NO3/c1-9(2)8-16-13-7-10-4-5-12(15-3)11(14)6-10/h4-6,9,13-14H,7-8H2,1-3H3. The number of hydrogen-bond acceptors (Lipinski definition) is 4. The molecule has 2 N–H and O–H groups in total. The minimum absolute atomic E-state index is 0.144. The van der Waals surface area contributed by atoms with Crippen LogP contribution in [0.4, 0.5) is 0 Å². The maximum Gasteiger partial charge on any atom is 0.160 e. The molecule has 0 fully saturated rings. The van der Waals surface area contributed by atoms with Crippen molar-refractivity contribution in [1.82, 2.24) is 5.48 Å². The van der Waals surface area contributed by atoms with E-state index in [1.54, 1.807) is 12.1 Å². The van der Waals surface area contributed by atoms with Crippen LogP contribution in [0.1, 0.15) is 19.4 Å². The summed E-state index contributed by atoms with van der Waals surface area (Å²) in [4.78, 5) is 5.23. The minimum atomic E-state index is 0.144. The number of rotatable bonds is 6. The number of benzene rings is 1. The number of hydroxylamine groups is 1. The molecule has 0 atom stereocenters. The molecule has 1 rings (SSSR count). The molecule has 16 heavy (non-hydrogen) atoms. The Morgan fingerprint density at radius 1 is 1.38 bits per heavy atom. The van der Waals surface area contributed by atoms with Gasteiger partial charge in [0, 0.05) is 6.54 Å². The van der Waals surface area contributed by atoms with Gasteiger partial charge in [-0.15, -0.1) is 0 Å². The molecule has 0 bridgehead atoms. The Balaban J connectivity index is 2.40. The van der Waals surface area contributed by atoms with Crippen molar-refractivity contribution in [2.75, 3.05) is 13.7 Å². The highest BCUT2D eigenvalue weighted by Crippen LogP contribution is 2.25. The maximum absolute atomic E-state index is 9.54. The molecule has 0 saturated carbocycles. The van der Waals surface area contributed by atoms with Crippen molar-refractivity contribution in [3.63, 3.8) is 0 Å². The number of aromatic hydroxyl groups is 1. The van der Waals surface area contributed by atoms with Gasteiger partial charge in [0.2, 0.25) is 0 Å². The highest BCUT2D eigenvalue weighted by molar-refractivity contribution is 5.41. The van der Waals surface area contributed by atoms with Crippen LogP contribution >= 0.6 is 0 Å². The lowest BCUT2D eigenvalue weighted by molar-refractivity contribution is 0.0196. The Hall–Kier alpha value is -1.26. The summed E-state index contributed by atoms with van der Waals surface area (Å²) in [6.45, 7) is 5.40. The molecule has 0 aliphatic heterocycles. The van der Waals surface area contributed by atoms with Crippen LogP contribution in [0.15, 0.2) is 18.2 Å². The smallest absolute Gasteiger partial charge is 0.160 e. The molecular formula is C12H19NO3. The molecule has 0 amide bonds. The third kappa shape index (κ3) is 4.08. The zero-order valence-corrected chi connectivity index (χ0v) is 9.99. The fraction of sp³-hybridized carbons (Fsp3) is 0.500. The van der Waals surface area contributed by atoms with Crippen molar-refractivity contribution in [3.05, 3.63) is 23.8 Å². The van der Waals surface area contributed by atoms with Crippen molar-refractivity contribution in [2.24, 2.45) is 5.92 Å². The molecule has 0 heterocycles.